The molecule has 15 heavy (non-hydrogen) atoms. The van der Waals surface area contributed by atoms with Gasteiger partial charge in [-0.2, -0.15) is 0 Å². The molecule has 1 unspecified atom stereocenters. The predicted molar refractivity (Wildman–Crippen MR) is 55.0 cm³/mol. The third kappa shape index (κ3) is 2.81. The molecule has 1 atom stereocenters. The number of rotatable bonds is 4. The Morgan fingerprint density at radius 2 is 2.27 bits per heavy atom. The number of anilines is 1. The quantitative estimate of drug-likeness (QED) is 0.447. The lowest BCUT2D eigenvalue weighted by Gasteiger charge is -2.10. The lowest BCUT2D eigenvalue weighted by atomic mass is 10.2. The Bertz CT molecular complexity index is 365. The molecular formula is C9H12N2O4. The van der Waals surface area contributed by atoms with Gasteiger partial charge in [0.05, 0.1) is 4.92 Å². The Morgan fingerprint density at radius 3 is 2.73 bits per heavy atom. The standard InChI is InChI=1S/C9H12N2O4/c1-6(12)15-7-3-4-9(11(13)14)8(5-7)10-2/h3-6,10,12H,1-2H3. The molecule has 1 aromatic carbocycles. The number of hydrogen-bond donors (Lipinski definition) is 2. The van der Waals surface area contributed by atoms with Crippen molar-refractivity contribution in [1.82, 2.24) is 0 Å². The van der Waals surface area contributed by atoms with Gasteiger partial charge in [0.25, 0.3) is 5.69 Å². The van der Waals surface area contributed by atoms with Gasteiger partial charge >= 0.3 is 0 Å². The number of ether oxygens (including phenoxy) is 1. The summed E-state index contributed by atoms with van der Waals surface area (Å²) in [5.41, 5.74) is 0.314. The van der Waals surface area contributed by atoms with E-state index < -0.39 is 11.2 Å². The number of benzene rings is 1. The summed E-state index contributed by atoms with van der Waals surface area (Å²) in [7, 11) is 1.58. The summed E-state index contributed by atoms with van der Waals surface area (Å²) in [5.74, 6) is 0.375. The van der Waals surface area contributed by atoms with E-state index in [9.17, 15) is 10.1 Å². The molecule has 0 aromatic heterocycles. The van der Waals surface area contributed by atoms with Crippen molar-refractivity contribution >= 4 is 11.4 Å². The van der Waals surface area contributed by atoms with Crippen molar-refractivity contribution in [3.05, 3.63) is 28.3 Å². The number of aliphatic hydroxyl groups excluding tert-OH is 1. The van der Waals surface area contributed by atoms with Crippen molar-refractivity contribution in [2.75, 3.05) is 12.4 Å². The minimum absolute atomic E-state index is 0.0320. The van der Waals surface area contributed by atoms with Gasteiger partial charge < -0.3 is 15.2 Å². The second-order valence-electron chi connectivity index (χ2n) is 2.90. The van der Waals surface area contributed by atoms with E-state index in [1.54, 1.807) is 7.05 Å². The van der Waals surface area contributed by atoms with Crippen LogP contribution in [0.2, 0.25) is 0 Å². The zero-order chi connectivity index (χ0) is 11.4. The normalized spacial score (nSPS) is 11.9. The Kier molecular flexibility index (Phi) is 3.46. The maximum absolute atomic E-state index is 10.6. The monoisotopic (exact) mass is 212 g/mol. The van der Waals surface area contributed by atoms with Crippen molar-refractivity contribution < 1.29 is 14.8 Å². The highest BCUT2D eigenvalue weighted by molar-refractivity contribution is 5.63. The van der Waals surface area contributed by atoms with E-state index >= 15 is 0 Å². The number of aliphatic hydroxyl groups is 1. The van der Waals surface area contributed by atoms with Crippen LogP contribution in [0, 0.1) is 10.1 Å². The third-order valence-corrected chi connectivity index (χ3v) is 1.74. The molecule has 0 radical (unpaired) electrons. The molecule has 1 aromatic rings. The number of nitrogens with zero attached hydrogens (tertiary/aromatic N) is 1. The predicted octanol–water partition coefficient (Wildman–Crippen LogP) is 1.35. The van der Waals surface area contributed by atoms with Gasteiger partial charge in [-0.15, -0.1) is 0 Å². The van der Waals surface area contributed by atoms with E-state index in [1.165, 1.54) is 25.1 Å². The Balaban J connectivity index is 3.02. The van der Waals surface area contributed by atoms with E-state index in [4.69, 9.17) is 9.84 Å². The largest absolute Gasteiger partial charge is 0.465 e. The number of nitrogens with one attached hydrogen (secondary N) is 1. The molecule has 2 N–H and O–H groups in total. The molecule has 0 fully saturated rings. The second kappa shape index (κ2) is 4.61. The number of nitro benzene ring substituents is 1. The van der Waals surface area contributed by atoms with Gasteiger partial charge in [0.1, 0.15) is 11.4 Å². The minimum Gasteiger partial charge on any atom is -0.465 e. The zero-order valence-electron chi connectivity index (χ0n) is 8.43. The second-order valence-corrected chi connectivity index (χ2v) is 2.90. The van der Waals surface area contributed by atoms with E-state index in [1.807, 2.05) is 0 Å². The van der Waals surface area contributed by atoms with Crippen molar-refractivity contribution in [1.29, 1.82) is 0 Å². The van der Waals surface area contributed by atoms with Crippen LogP contribution in [0.3, 0.4) is 0 Å². The summed E-state index contributed by atoms with van der Waals surface area (Å²) in [4.78, 5) is 10.1. The molecule has 0 bridgehead atoms. The molecule has 0 aliphatic heterocycles. The van der Waals surface area contributed by atoms with Crippen LogP contribution < -0.4 is 10.1 Å². The average Bonchev–Trinajstić information content (AvgIpc) is 2.16. The smallest absolute Gasteiger partial charge is 0.292 e. The van der Waals surface area contributed by atoms with Crippen LogP contribution in [0.5, 0.6) is 5.75 Å². The van der Waals surface area contributed by atoms with Crippen LogP contribution in [0.4, 0.5) is 11.4 Å². The summed E-state index contributed by atoms with van der Waals surface area (Å²) in [6, 6.07) is 4.22. The maximum atomic E-state index is 10.6. The Morgan fingerprint density at radius 1 is 1.60 bits per heavy atom. The lowest BCUT2D eigenvalue weighted by molar-refractivity contribution is -0.384. The Hall–Kier alpha value is -1.82. The van der Waals surface area contributed by atoms with Gasteiger partial charge in [0.15, 0.2) is 6.29 Å². The molecule has 6 heteroatoms. The summed E-state index contributed by atoms with van der Waals surface area (Å²) >= 11 is 0. The lowest BCUT2D eigenvalue weighted by Crippen LogP contribution is -2.09. The van der Waals surface area contributed by atoms with Crippen molar-refractivity contribution in [2.24, 2.45) is 0 Å². The highest BCUT2D eigenvalue weighted by Crippen LogP contribution is 2.28. The van der Waals surface area contributed by atoms with Crippen molar-refractivity contribution in [3.63, 3.8) is 0 Å². The van der Waals surface area contributed by atoms with Gasteiger partial charge in [-0.05, 0) is 13.0 Å². The average molecular weight is 212 g/mol. The molecule has 6 nitrogen and oxygen atoms in total. The van der Waals surface area contributed by atoms with Gasteiger partial charge in [-0.3, -0.25) is 10.1 Å². The number of nitro groups is 1. The summed E-state index contributed by atoms with van der Waals surface area (Å²) < 4.78 is 4.98. The van der Waals surface area contributed by atoms with Crippen LogP contribution in [-0.2, 0) is 0 Å². The van der Waals surface area contributed by atoms with Gasteiger partial charge in [0.2, 0.25) is 0 Å². The SMILES string of the molecule is CNc1cc(OC(C)O)ccc1[N+](=O)[O-]. The first-order valence-electron chi connectivity index (χ1n) is 4.35. The van der Waals surface area contributed by atoms with Gasteiger partial charge in [-0.25, -0.2) is 0 Å². The van der Waals surface area contributed by atoms with Crippen LogP contribution in [0.1, 0.15) is 6.92 Å². The fourth-order valence-electron chi connectivity index (χ4n) is 1.14. The highest BCUT2D eigenvalue weighted by Gasteiger charge is 2.13. The molecular weight excluding hydrogens is 200 g/mol. The first kappa shape index (κ1) is 11.3. The van der Waals surface area contributed by atoms with Crippen molar-refractivity contribution in [2.45, 2.75) is 13.2 Å². The summed E-state index contributed by atoms with van der Waals surface area (Å²) in [6.07, 6.45) is -0.948. The molecule has 0 heterocycles. The minimum atomic E-state index is -0.948. The van der Waals surface area contributed by atoms with E-state index in [2.05, 4.69) is 5.32 Å². The molecule has 0 amide bonds. The van der Waals surface area contributed by atoms with Crippen LogP contribution in [0.15, 0.2) is 18.2 Å². The summed E-state index contributed by atoms with van der Waals surface area (Å²) in [5, 5.41) is 22.2. The van der Waals surface area contributed by atoms with E-state index in [0.717, 1.165) is 0 Å². The molecule has 82 valence electrons. The van der Waals surface area contributed by atoms with Crippen LogP contribution in [0.25, 0.3) is 0 Å². The molecule has 0 saturated heterocycles. The highest BCUT2D eigenvalue weighted by atomic mass is 16.6. The molecule has 0 aliphatic rings. The van der Waals surface area contributed by atoms with Gasteiger partial charge in [-0.1, -0.05) is 0 Å². The number of hydrogen-bond acceptors (Lipinski definition) is 5. The maximum Gasteiger partial charge on any atom is 0.292 e. The Labute approximate surface area is 86.6 Å². The van der Waals surface area contributed by atoms with E-state index in [0.29, 0.717) is 11.4 Å². The first-order chi connectivity index (χ1) is 7.04. The van der Waals surface area contributed by atoms with E-state index in [-0.39, 0.29) is 5.69 Å². The molecule has 0 saturated carbocycles. The zero-order valence-corrected chi connectivity index (χ0v) is 8.43. The molecule has 0 spiro atoms. The van der Waals surface area contributed by atoms with Crippen LogP contribution in [-0.4, -0.2) is 23.4 Å². The molecule has 0 aliphatic carbocycles. The fourth-order valence-corrected chi connectivity index (χ4v) is 1.14. The van der Waals surface area contributed by atoms with Crippen molar-refractivity contribution in [3.8, 4) is 5.75 Å². The molecule has 1 rings (SSSR count). The first-order valence-corrected chi connectivity index (χ1v) is 4.35. The summed E-state index contributed by atoms with van der Waals surface area (Å²) in [6.45, 7) is 1.46. The van der Waals surface area contributed by atoms with Gasteiger partial charge in [0, 0.05) is 19.2 Å². The topological polar surface area (TPSA) is 84.6 Å². The van der Waals surface area contributed by atoms with Crippen LogP contribution >= 0.6 is 0 Å². The third-order valence-electron chi connectivity index (χ3n) is 1.74. The fraction of sp³-hybridized carbons (Fsp3) is 0.333.